The highest BCUT2D eigenvalue weighted by molar-refractivity contribution is 5.58. The predicted molar refractivity (Wildman–Crippen MR) is 54.7 cm³/mol. The molecular weight excluding hydrogens is 211 g/mol. The van der Waals surface area contributed by atoms with E-state index in [0.717, 1.165) is 5.56 Å². The topological polar surface area (TPSA) is 74.8 Å². The summed E-state index contributed by atoms with van der Waals surface area (Å²) in [7, 11) is 0. The van der Waals surface area contributed by atoms with Gasteiger partial charge in [-0.15, -0.1) is 0 Å². The number of benzene rings is 1. The minimum Gasteiger partial charge on any atom is -0.361 e. The van der Waals surface area contributed by atoms with Gasteiger partial charge in [-0.1, -0.05) is 10.3 Å². The highest BCUT2D eigenvalue weighted by atomic mass is 19.1. The van der Waals surface area contributed by atoms with E-state index in [-0.39, 0.29) is 12.4 Å². The number of halogens is 1. The Labute approximate surface area is 90.1 Å². The first-order valence-electron chi connectivity index (χ1n) is 4.52. The number of hydrogen-bond acceptors (Lipinski definition) is 3. The van der Waals surface area contributed by atoms with Crippen molar-refractivity contribution in [3.05, 3.63) is 52.4 Å². The predicted octanol–water partition coefficient (Wildman–Crippen LogP) is 3.29. The molecule has 0 saturated heterocycles. The molecule has 0 aliphatic carbocycles. The molecule has 0 fully saturated rings. The third-order valence-electron chi connectivity index (χ3n) is 1.99. The molecule has 0 atom stereocenters. The van der Waals surface area contributed by atoms with Crippen molar-refractivity contribution >= 4 is 0 Å². The second-order valence-electron chi connectivity index (χ2n) is 3.07. The van der Waals surface area contributed by atoms with Crippen LogP contribution in [-0.2, 0) is 6.54 Å². The van der Waals surface area contributed by atoms with Crippen LogP contribution in [0.4, 0.5) is 4.39 Å². The minimum absolute atomic E-state index is 0.116. The Morgan fingerprint density at radius 3 is 2.81 bits per heavy atom. The second-order valence-corrected chi connectivity index (χ2v) is 3.07. The summed E-state index contributed by atoms with van der Waals surface area (Å²) in [6.45, 7) is 0.116. The van der Waals surface area contributed by atoms with Crippen molar-refractivity contribution in [1.82, 2.24) is 5.16 Å². The Morgan fingerprint density at radius 2 is 2.12 bits per heavy atom. The molecule has 0 spiro atoms. The molecule has 0 radical (unpaired) electrons. The van der Waals surface area contributed by atoms with Crippen molar-refractivity contribution in [2.75, 3.05) is 0 Å². The number of rotatable bonds is 3. The second kappa shape index (κ2) is 4.46. The first-order chi connectivity index (χ1) is 7.79. The summed E-state index contributed by atoms with van der Waals surface area (Å²) in [5, 5.41) is 7.14. The van der Waals surface area contributed by atoms with E-state index in [4.69, 9.17) is 10.1 Å². The molecule has 80 valence electrons. The van der Waals surface area contributed by atoms with Gasteiger partial charge in [0.15, 0.2) is 0 Å². The zero-order valence-electron chi connectivity index (χ0n) is 8.17. The molecule has 5 nitrogen and oxygen atoms in total. The maximum atomic E-state index is 12.7. The summed E-state index contributed by atoms with van der Waals surface area (Å²) in [6, 6.07) is 7.55. The smallest absolute Gasteiger partial charge is 0.143 e. The molecule has 0 unspecified atom stereocenters. The van der Waals surface area contributed by atoms with Crippen LogP contribution in [0.1, 0.15) is 5.76 Å². The van der Waals surface area contributed by atoms with E-state index in [2.05, 4.69) is 15.2 Å². The zero-order valence-corrected chi connectivity index (χ0v) is 8.17. The molecule has 0 saturated carbocycles. The molecule has 0 amide bonds. The van der Waals surface area contributed by atoms with Gasteiger partial charge in [0.1, 0.15) is 17.3 Å². The standard InChI is InChI=1S/C10H7FN4O/c11-8-3-1-7(2-4-8)10-5-9(16-14-10)6-13-15-12/h1-5H,6H2. The third kappa shape index (κ3) is 2.18. The molecule has 2 rings (SSSR count). The molecular formula is C10H7FN4O. The summed E-state index contributed by atoms with van der Waals surface area (Å²) in [4.78, 5) is 2.61. The molecule has 0 aliphatic heterocycles. The largest absolute Gasteiger partial charge is 0.361 e. The van der Waals surface area contributed by atoms with Gasteiger partial charge in [0, 0.05) is 16.5 Å². The Bertz CT molecular complexity index is 528. The lowest BCUT2D eigenvalue weighted by molar-refractivity contribution is 0.387. The maximum Gasteiger partial charge on any atom is 0.143 e. The van der Waals surface area contributed by atoms with Crippen LogP contribution in [0.3, 0.4) is 0 Å². The number of hydrogen-bond donors (Lipinski definition) is 0. The van der Waals surface area contributed by atoms with Gasteiger partial charge in [0.2, 0.25) is 0 Å². The molecule has 2 aromatic rings. The molecule has 0 bridgehead atoms. The Balaban J connectivity index is 2.24. The first-order valence-corrected chi connectivity index (χ1v) is 4.52. The van der Waals surface area contributed by atoms with Crippen molar-refractivity contribution in [3.8, 4) is 11.3 Å². The van der Waals surface area contributed by atoms with Crippen LogP contribution in [0.25, 0.3) is 21.7 Å². The fraction of sp³-hybridized carbons (Fsp3) is 0.100. The SMILES string of the molecule is [N-]=[N+]=NCc1cc(-c2ccc(F)cc2)no1. The van der Waals surface area contributed by atoms with Crippen molar-refractivity contribution in [1.29, 1.82) is 0 Å². The summed E-state index contributed by atoms with van der Waals surface area (Å²) in [5.74, 6) is 0.165. The summed E-state index contributed by atoms with van der Waals surface area (Å²) >= 11 is 0. The quantitative estimate of drug-likeness (QED) is 0.450. The van der Waals surface area contributed by atoms with Crippen LogP contribution in [-0.4, -0.2) is 5.16 Å². The number of azide groups is 1. The van der Waals surface area contributed by atoms with Gasteiger partial charge in [-0.25, -0.2) is 4.39 Å². The Morgan fingerprint density at radius 1 is 1.38 bits per heavy atom. The molecule has 1 aromatic carbocycles. The van der Waals surface area contributed by atoms with Crippen LogP contribution in [0.5, 0.6) is 0 Å². The molecule has 1 aromatic heterocycles. The van der Waals surface area contributed by atoms with Crippen molar-refractivity contribution in [3.63, 3.8) is 0 Å². The highest BCUT2D eigenvalue weighted by Crippen LogP contribution is 2.19. The van der Waals surface area contributed by atoms with E-state index < -0.39 is 0 Å². The van der Waals surface area contributed by atoms with E-state index in [9.17, 15) is 4.39 Å². The van der Waals surface area contributed by atoms with Crippen molar-refractivity contribution in [2.45, 2.75) is 6.54 Å². The molecule has 1 heterocycles. The van der Waals surface area contributed by atoms with Gasteiger partial charge < -0.3 is 4.52 Å². The fourth-order valence-corrected chi connectivity index (χ4v) is 1.25. The summed E-state index contributed by atoms with van der Waals surface area (Å²) in [5.41, 5.74) is 9.47. The van der Waals surface area contributed by atoms with E-state index in [1.165, 1.54) is 12.1 Å². The van der Waals surface area contributed by atoms with Crippen LogP contribution in [0.2, 0.25) is 0 Å². The van der Waals surface area contributed by atoms with Crippen LogP contribution in [0, 0.1) is 5.82 Å². The third-order valence-corrected chi connectivity index (χ3v) is 1.99. The first kappa shape index (κ1) is 10.2. The molecule has 0 N–H and O–H groups in total. The average Bonchev–Trinajstić information content (AvgIpc) is 2.76. The number of aromatic nitrogens is 1. The van der Waals surface area contributed by atoms with E-state index >= 15 is 0 Å². The van der Waals surface area contributed by atoms with Gasteiger partial charge in [-0.05, 0) is 29.8 Å². The lowest BCUT2D eigenvalue weighted by Gasteiger charge is -1.93. The van der Waals surface area contributed by atoms with Crippen molar-refractivity contribution < 1.29 is 8.91 Å². The van der Waals surface area contributed by atoms with E-state index in [0.29, 0.717) is 11.5 Å². The lowest BCUT2D eigenvalue weighted by Crippen LogP contribution is -1.77. The van der Waals surface area contributed by atoms with Crippen LogP contribution >= 0.6 is 0 Å². The summed E-state index contributed by atoms with van der Waals surface area (Å²) < 4.78 is 17.6. The lowest BCUT2D eigenvalue weighted by atomic mass is 10.1. The molecule has 6 heteroatoms. The van der Waals surface area contributed by atoms with Gasteiger partial charge in [0.25, 0.3) is 0 Å². The summed E-state index contributed by atoms with van der Waals surface area (Å²) in [6.07, 6.45) is 0. The monoisotopic (exact) mass is 218 g/mol. The Hall–Kier alpha value is -2.33. The normalized spacial score (nSPS) is 9.81. The van der Waals surface area contributed by atoms with Gasteiger partial charge in [0.05, 0.1) is 6.54 Å². The molecule has 0 aliphatic rings. The Kier molecular flexibility index (Phi) is 2.84. The molecule has 16 heavy (non-hydrogen) atoms. The maximum absolute atomic E-state index is 12.7. The minimum atomic E-state index is -0.304. The fourth-order valence-electron chi connectivity index (χ4n) is 1.25. The van der Waals surface area contributed by atoms with Gasteiger partial charge >= 0.3 is 0 Å². The highest BCUT2D eigenvalue weighted by Gasteiger charge is 2.05. The van der Waals surface area contributed by atoms with E-state index in [1.807, 2.05) is 0 Å². The van der Waals surface area contributed by atoms with Crippen molar-refractivity contribution in [2.24, 2.45) is 5.11 Å². The number of nitrogens with zero attached hydrogens (tertiary/aromatic N) is 4. The van der Waals surface area contributed by atoms with Gasteiger partial charge in [-0.3, -0.25) is 0 Å². The zero-order chi connectivity index (χ0) is 11.4. The van der Waals surface area contributed by atoms with E-state index in [1.54, 1.807) is 18.2 Å². The van der Waals surface area contributed by atoms with Crippen LogP contribution in [0.15, 0.2) is 40.0 Å². The van der Waals surface area contributed by atoms with Crippen LogP contribution < -0.4 is 0 Å². The van der Waals surface area contributed by atoms with Gasteiger partial charge in [-0.2, -0.15) is 0 Å². The average molecular weight is 218 g/mol.